The summed E-state index contributed by atoms with van der Waals surface area (Å²) in [5.74, 6) is -0.787. The summed E-state index contributed by atoms with van der Waals surface area (Å²) in [5.41, 5.74) is 3.15. The van der Waals surface area contributed by atoms with Gasteiger partial charge in [-0.1, -0.05) is 45.4 Å². The van der Waals surface area contributed by atoms with Crippen molar-refractivity contribution in [2.24, 2.45) is 0 Å². The van der Waals surface area contributed by atoms with Gasteiger partial charge in [-0.05, 0) is 54.1 Å². The average molecular weight is 436 g/mol. The fourth-order valence-electron chi connectivity index (χ4n) is 2.37. The zero-order chi connectivity index (χ0) is 18.7. The summed E-state index contributed by atoms with van der Waals surface area (Å²) in [5, 5.41) is 14.7. The lowest BCUT2D eigenvalue weighted by atomic mass is 10.1. The number of hydrogen-bond donors (Lipinski definition) is 1. The molecule has 0 unspecified atom stereocenters. The molecule has 3 rings (SSSR count). The molecule has 0 radical (unpaired) electrons. The van der Waals surface area contributed by atoms with Gasteiger partial charge in [0, 0.05) is 4.47 Å². The molecule has 0 aliphatic rings. The third kappa shape index (κ3) is 4.28. The summed E-state index contributed by atoms with van der Waals surface area (Å²) in [6, 6.07) is 10.4. The molecule has 1 amide bonds. The second-order valence-corrected chi connectivity index (χ2v) is 7.48. The Morgan fingerprint density at radius 1 is 1.27 bits per heavy atom. The molecule has 134 valence electrons. The van der Waals surface area contributed by atoms with E-state index in [0.717, 1.165) is 16.8 Å². The molecule has 0 aliphatic carbocycles. The highest BCUT2D eigenvalue weighted by Crippen LogP contribution is 2.23. The van der Waals surface area contributed by atoms with Crippen molar-refractivity contribution >= 4 is 39.3 Å². The van der Waals surface area contributed by atoms with Crippen molar-refractivity contribution in [1.29, 1.82) is 0 Å². The zero-order valence-electron chi connectivity index (χ0n) is 14.0. The molecule has 0 bridgehead atoms. The Morgan fingerprint density at radius 2 is 2.08 bits per heavy atom. The predicted molar refractivity (Wildman–Crippen MR) is 102 cm³/mol. The van der Waals surface area contributed by atoms with E-state index >= 15 is 0 Å². The minimum absolute atomic E-state index is 0.0563. The molecule has 1 N–H and O–H groups in total. The van der Waals surface area contributed by atoms with Gasteiger partial charge in [0.2, 0.25) is 11.1 Å². The number of aromatic nitrogens is 4. The Kier molecular flexibility index (Phi) is 5.67. The van der Waals surface area contributed by atoms with E-state index < -0.39 is 5.82 Å². The van der Waals surface area contributed by atoms with Crippen molar-refractivity contribution in [2.45, 2.75) is 19.0 Å². The van der Waals surface area contributed by atoms with Gasteiger partial charge in [-0.2, -0.15) is 4.68 Å². The third-order valence-electron chi connectivity index (χ3n) is 3.56. The lowest BCUT2D eigenvalue weighted by molar-refractivity contribution is -0.113. The van der Waals surface area contributed by atoms with Crippen LogP contribution < -0.4 is 5.32 Å². The Labute approximate surface area is 162 Å². The first kappa shape index (κ1) is 18.5. The number of thioether (sulfide) groups is 1. The first-order chi connectivity index (χ1) is 12.4. The molecular formula is C17H15BrFN5OS. The number of aryl methyl sites for hydroxylation is 2. The van der Waals surface area contributed by atoms with Gasteiger partial charge in [-0.25, -0.2) is 4.39 Å². The molecule has 0 saturated carbocycles. The number of halogens is 2. The van der Waals surface area contributed by atoms with Crippen LogP contribution >= 0.6 is 27.7 Å². The van der Waals surface area contributed by atoms with Crippen LogP contribution in [-0.4, -0.2) is 31.9 Å². The summed E-state index contributed by atoms with van der Waals surface area (Å²) in [7, 11) is 0. The van der Waals surface area contributed by atoms with E-state index in [1.807, 2.05) is 32.0 Å². The van der Waals surface area contributed by atoms with Crippen LogP contribution in [0.1, 0.15) is 11.1 Å². The number of hydrogen-bond acceptors (Lipinski definition) is 5. The van der Waals surface area contributed by atoms with Crippen molar-refractivity contribution in [3.63, 3.8) is 0 Å². The monoisotopic (exact) mass is 435 g/mol. The van der Waals surface area contributed by atoms with E-state index in [4.69, 9.17) is 0 Å². The molecule has 6 nitrogen and oxygen atoms in total. The number of rotatable bonds is 5. The van der Waals surface area contributed by atoms with Gasteiger partial charge in [0.05, 0.1) is 17.1 Å². The number of anilines is 1. The van der Waals surface area contributed by atoms with Crippen LogP contribution in [0.15, 0.2) is 46.0 Å². The molecule has 0 saturated heterocycles. The van der Waals surface area contributed by atoms with Gasteiger partial charge < -0.3 is 5.32 Å². The second-order valence-electron chi connectivity index (χ2n) is 5.62. The first-order valence-electron chi connectivity index (χ1n) is 7.68. The van der Waals surface area contributed by atoms with E-state index in [-0.39, 0.29) is 17.3 Å². The largest absolute Gasteiger partial charge is 0.323 e. The average Bonchev–Trinajstić information content (AvgIpc) is 3.04. The zero-order valence-corrected chi connectivity index (χ0v) is 16.4. The van der Waals surface area contributed by atoms with E-state index in [9.17, 15) is 9.18 Å². The quantitative estimate of drug-likeness (QED) is 0.614. The standard InChI is InChI=1S/C17H15BrFN5OS/c1-10-3-6-15(11(2)7-10)24-17(21-22-23-24)26-9-16(25)20-14-5-4-12(18)8-13(14)19/h3-8H,9H2,1-2H3,(H,20,25). The lowest BCUT2D eigenvalue weighted by Crippen LogP contribution is -2.15. The summed E-state index contributed by atoms with van der Waals surface area (Å²) in [6.45, 7) is 3.99. The first-order valence-corrected chi connectivity index (χ1v) is 9.45. The predicted octanol–water partition coefficient (Wildman–Crippen LogP) is 3.91. The number of carbonyl (C=O) groups excluding carboxylic acids is 1. The highest BCUT2D eigenvalue weighted by Gasteiger charge is 2.14. The number of tetrazole rings is 1. The number of benzene rings is 2. The van der Waals surface area contributed by atoms with Crippen molar-refractivity contribution in [1.82, 2.24) is 20.2 Å². The van der Waals surface area contributed by atoms with Gasteiger partial charge in [-0.3, -0.25) is 4.79 Å². The summed E-state index contributed by atoms with van der Waals surface area (Å²) in [4.78, 5) is 12.1. The summed E-state index contributed by atoms with van der Waals surface area (Å²) in [6.07, 6.45) is 0. The molecule has 0 aliphatic heterocycles. The van der Waals surface area contributed by atoms with Crippen LogP contribution in [0, 0.1) is 19.7 Å². The maximum Gasteiger partial charge on any atom is 0.234 e. The van der Waals surface area contributed by atoms with E-state index in [1.165, 1.54) is 23.9 Å². The number of amides is 1. The maximum atomic E-state index is 13.8. The second kappa shape index (κ2) is 7.96. The fraction of sp³-hybridized carbons (Fsp3) is 0.176. The van der Waals surface area contributed by atoms with Crippen LogP contribution in [0.25, 0.3) is 5.69 Å². The SMILES string of the molecule is Cc1ccc(-n2nnnc2SCC(=O)Nc2ccc(Br)cc2F)c(C)c1. The van der Waals surface area contributed by atoms with Crippen molar-refractivity contribution in [2.75, 3.05) is 11.1 Å². The minimum atomic E-state index is -0.502. The lowest BCUT2D eigenvalue weighted by Gasteiger charge is -2.09. The van der Waals surface area contributed by atoms with Gasteiger partial charge in [0.1, 0.15) is 5.82 Å². The van der Waals surface area contributed by atoms with Crippen LogP contribution in [0.5, 0.6) is 0 Å². The fourth-order valence-corrected chi connectivity index (χ4v) is 3.39. The van der Waals surface area contributed by atoms with Gasteiger partial charge in [-0.15, -0.1) is 5.10 Å². The van der Waals surface area contributed by atoms with E-state index in [0.29, 0.717) is 9.63 Å². The van der Waals surface area contributed by atoms with Gasteiger partial charge in [0.15, 0.2) is 0 Å². The molecule has 26 heavy (non-hydrogen) atoms. The van der Waals surface area contributed by atoms with Gasteiger partial charge >= 0.3 is 0 Å². The molecular weight excluding hydrogens is 421 g/mol. The Morgan fingerprint density at radius 3 is 2.81 bits per heavy atom. The van der Waals surface area contributed by atoms with Crippen LogP contribution in [0.2, 0.25) is 0 Å². The topological polar surface area (TPSA) is 72.7 Å². The Bertz CT molecular complexity index is 962. The highest BCUT2D eigenvalue weighted by atomic mass is 79.9. The van der Waals surface area contributed by atoms with Crippen LogP contribution in [0.4, 0.5) is 10.1 Å². The van der Waals surface area contributed by atoms with Crippen molar-refractivity contribution in [3.05, 3.63) is 57.8 Å². The van der Waals surface area contributed by atoms with Crippen LogP contribution in [-0.2, 0) is 4.79 Å². The molecule has 1 heterocycles. The Hall–Kier alpha value is -2.26. The minimum Gasteiger partial charge on any atom is -0.323 e. The molecule has 0 fully saturated rings. The Balaban J connectivity index is 1.69. The third-order valence-corrected chi connectivity index (χ3v) is 4.97. The number of nitrogens with zero attached hydrogens (tertiary/aromatic N) is 4. The maximum absolute atomic E-state index is 13.8. The molecule has 3 aromatic rings. The summed E-state index contributed by atoms with van der Waals surface area (Å²) >= 11 is 4.36. The molecule has 2 aromatic carbocycles. The molecule has 0 atom stereocenters. The highest BCUT2D eigenvalue weighted by molar-refractivity contribution is 9.10. The molecule has 0 spiro atoms. The normalized spacial score (nSPS) is 10.8. The van der Waals surface area contributed by atoms with E-state index in [1.54, 1.807) is 10.7 Å². The van der Waals surface area contributed by atoms with Crippen molar-refractivity contribution in [3.8, 4) is 5.69 Å². The molecule has 9 heteroatoms. The van der Waals surface area contributed by atoms with Crippen LogP contribution in [0.3, 0.4) is 0 Å². The van der Waals surface area contributed by atoms with E-state index in [2.05, 4.69) is 36.8 Å². The summed E-state index contributed by atoms with van der Waals surface area (Å²) < 4.78 is 16.0. The number of nitrogens with one attached hydrogen (secondary N) is 1. The smallest absolute Gasteiger partial charge is 0.234 e. The number of carbonyl (C=O) groups is 1. The molecule has 1 aromatic heterocycles. The van der Waals surface area contributed by atoms with Gasteiger partial charge in [0.25, 0.3) is 0 Å². The van der Waals surface area contributed by atoms with Crippen molar-refractivity contribution < 1.29 is 9.18 Å².